The lowest BCUT2D eigenvalue weighted by atomic mass is 10.2. The Morgan fingerprint density at radius 3 is 2.75 bits per heavy atom. The SMILES string of the molecule is CN(c1ccccc1)C1CC(=O)N(c2nc(CC(=O)O)cs2)C1=O. The topological polar surface area (TPSA) is 90.8 Å². The molecule has 8 heteroatoms. The molecule has 0 spiro atoms. The molecule has 2 aromatic rings. The molecule has 1 unspecified atom stereocenters. The number of anilines is 2. The minimum absolute atomic E-state index is 0.0675. The van der Waals surface area contributed by atoms with Crippen LogP contribution < -0.4 is 9.80 Å². The predicted octanol–water partition coefficient (Wildman–Crippen LogP) is 1.54. The Kier molecular flexibility index (Phi) is 4.30. The number of para-hydroxylation sites is 1. The van der Waals surface area contributed by atoms with Gasteiger partial charge in [0.15, 0.2) is 5.13 Å². The highest BCUT2D eigenvalue weighted by atomic mass is 32.1. The van der Waals surface area contributed by atoms with Crippen molar-refractivity contribution in [2.24, 2.45) is 0 Å². The highest BCUT2D eigenvalue weighted by Crippen LogP contribution is 2.30. The molecule has 1 aliphatic rings. The molecule has 1 aliphatic heterocycles. The zero-order chi connectivity index (χ0) is 17.3. The first-order valence-electron chi connectivity index (χ1n) is 7.28. The summed E-state index contributed by atoms with van der Waals surface area (Å²) in [6.45, 7) is 0. The molecular formula is C16H15N3O4S. The standard InChI is InChI=1S/C16H15N3O4S/c1-18(11-5-3-2-4-6-11)12-8-13(20)19(15(12)23)16-17-10(9-24-16)7-14(21)22/h2-6,9,12H,7-8H2,1H3,(H,21,22). The van der Waals surface area contributed by atoms with Gasteiger partial charge in [-0.05, 0) is 12.1 Å². The van der Waals surface area contributed by atoms with Crippen molar-refractivity contribution < 1.29 is 19.5 Å². The van der Waals surface area contributed by atoms with E-state index in [0.29, 0.717) is 5.69 Å². The first kappa shape index (κ1) is 16.1. The summed E-state index contributed by atoms with van der Waals surface area (Å²) in [7, 11) is 1.77. The van der Waals surface area contributed by atoms with Crippen LogP contribution in [0.5, 0.6) is 0 Å². The number of aromatic nitrogens is 1. The number of imide groups is 1. The molecule has 0 radical (unpaired) electrons. The van der Waals surface area contributed by atoms with Crippen LogP contribution in [0, 0.1) is 0 Å². The van der Waals surface area contributed by atoms with Gasteiger partial charge in [0.2, 0.25) is 5.91 Å². The monoisotopic (exact) mass is 345 g/mol. The van der Waals surface area contributed by atoms with E-state index in [1.54, 1.807) is 17.3 Å². The molecule has 1 aromatic carbocycles. The maximum atomic E-state index is 12.7. The number of hydrogen-bond acceptors (Lipinski definition) is 6. The second-order valence-corrected chi connectivity index (χ2v) is 6.26. The molecule has 1 saturated heterocycles. The summed E-state index contributed by atoms with van der Waals surface area (Å²) in [4.78, 5) is 42.6. The van der Waals surface area contributed by atoms with Gasteiger partial charge in [0.25, 0.3) is 5.91 Å². The number of likely N-dealkylation sites (N-methyl/N-ethyl adjacent to an activating group) is 1. The summed E-state index contributed by atoms with van der Waals surface area (Å²) < 4.78 is 0. The number of amides is 2. The van der Waals surface area contributed by atoms with Gasteiger partial charge < -0.3 is 10.0 Å². The van der Waals surface area contributed by atoms with Gasteiger partial charge in [-0.25, -0.2) is 9.88 Å². The Bertz CT molecular complexity index is 790. The maximum Gasteiger partial charge on any atom is 0.309 e. The first-order chi connectivity index (χ1) is 11.5. The molecule has 1 atom stereocenters. The van der Waals surface area contributed by atoms with Gasteiger partial charge in [-0.2, -0.15) is 0 Å². The lowest BCUT2D eigenvalue weighted by Gasteiger charge is -2.24. The molecule has 7 nitrogen and oxygen atoms in total. The Hall–Kier alpha value is -2.74. The lowest BCUT2D eigenvalue weighted by Crippen LogP contribution is -2.40. The fraction of sp³-hybridized carbons (Fsp3) is 0.250. The largest absolute Gasteiger partial charge is 0.481 e. The van der Waals surface area contributed by atoms with Gasteiger partial charge in [-0.3, -0.25) is 14.4 Å². The van der Waals surface area contributed by atoms with Crippen LogP contribution in [-0.2, 0) is 20.8 Å². The van der Waals surface area contributed by atoms with Crippen LogP contribution in [0.4, 0.5) is 10.8 Å². The lowest BCUT2D eigenvalue weighted by molar-refractivity contribution is -0.136. The van der Waals surface area contributed by atoms with E-state index in [2.05, 4.69) is 4.98 Å². The molecule has 1 fully saturated rings. The average molecular weight is 345 g/mol. The van der Waals surface area contributed by atoms with Gasteiger partial charge in [0.05, 0.1) is 18.5 Å². The number of carboxylic acids is 1. The van der Waals surface area contributed by atoms with Crippen molar-refractivity contribution in [2.75, 3.05) is 16.8 Å². The molecule has 24 heavy (non-hydrogen) atoms. The van der Waals surface area contributed by atoms with E-state index in [4.69, 9.17) is 5.11 Å². The fourth-order valence-electron chi connectivity index (χ4n) is 2.60. The molecule has 3 rings (SSSR count). The first-order valence-corrected chi connectivity index (χ1v) is 8.16. The normalized spacial score (nSPS) is 17.4. The van der Waals surface area contributed by atoms with Gasteiger partial charge in [-0.15, -0.1) is 11.3 Å². The van der Waals surface area contributed by atoms with E-state index in [1.165, 1.54) is 0 Å². The number of thiazole rings is 1. The van der Waals surface area contributed by atoms with Crippen LogP contribution >= 0.6 is 11.3 Å². The Morgan fingerprint density at radius 1 is 1.38 bits per heavy atom. The number of carbonyl (C=O) groups excluding carboxylic acids is 2. The van der Waals surface area contributed by atoms with E-state index in [9.17, 15) is 14.4 Å². The Morgan fingerprint density at radius 2 is 2.08 bits per heavy atom. The fourth-order valence-corrected chi connectivity index (χ4v) is 3.44. The van der Waals surface area contributed by atoms with Crippen LogP contribution in [0.15, 0.2) is 35.7 Å². The van der Waals surface area contributed by atoms with Crippen molar-refractivity contribution in [1.29, 1.82) is 0 Å². The predicted molar refractivity (Wildman–Crippen MR) is 89.2 cm³/mol. The van der Waals surface area contributed by atoms with Gasteiger partial charge in [-0.1, -0.05) is 18.2 Å². The molecule has 0 saturated carbocycles. The number of nitrogens with zero attached hydrogens (tertiary/aromatic N) is 3. The van der Waals surface area contributed by atoms with Gasteiger partial charge in [0.1, 0.15) is 6.04 Å². The second kappa shape index (κ2) is 6.40. The summed E-state index contributed by atoms with van der Waals surface area (Å²) >= 11 is 1.10. The van der Waals surface area contributed by atoms with Gasteiger partial charge >= 0.3 is 5.97 Å². The van der Waals surface area contributed by atoms with Crippen LogP contribution in [-0.4, -0.2) is 41.0 Å². The summed E-state index contributed by atoms with van der Waals surface area (Å²) in [6.07, 6.45) is -0.169. The summed E-state index contributed by atoms with van der Waals surface area (Å²) in [5.41, 5.74) is 1.18. The third kappa shape index (κ3) is 3.00. The van der Waals surface area contributed by atoms with Gasteiger partial charge in [0, 0.05) is 18.1 Å². The molecule has 1 aromatic heterocycles. The summed E-state index contributed by atoms with van der Waals surface area (Å²) in [5.74, 6) is -1.68. The number of aliphatic carboxylic acids is 1. The number of benzene rings is 1. The number of carbonyl (C=O) groups is 3. The van der Waals surface area contributed by atoms with E-state index >= 15 is 0 Å². The van der Waals surface area contributed by atoms with E-state index in [1.807, 2.05) is 30.3 Å². The molecular weight excluding hydrogens is 330 g/mol. The second-order valence-electron chi connectivity index (χ2n) is 5.43. The quantitative estimate of drug-likeness (QED) is 0.827. The highest BCUT2D eigenvalue weighted by Gasteiger charge is 2.43. The summed E-state index contributed by atoms with van der Waals surface area (Å²) in [5, 5.41) is 10.6. The number of carboxylic acid groups (broad SMARTS) is 1. The molecule has 124 valence electrons. The van der Waals surface area contributed by atoms with E-state index < -0.39 is 12.0 Å². The van der Waals surface area contributed by atoms with Crippen LogP contribution in [0.3, 0.4) is 0 Å². The van der Waals surface area contributed by atoms with Crippen molar-refractivity contribution in [3.8, 4) is 0 Å². The van der Waals surface area contributed by atoms with E-state index in [-0.39, 0.29) is 29.8 Å². The number of rotatable bonds is 5. The zero-order valence-electron chi connectivity index (χ0n) is 12.9. The van der Waals surface area contributed by atoms with Crippen molar-refractivity contribution in [2.45, 2.75) is 18.9 Å². The van der Waals surface area contributed by atoms with Crippen molar-refractivity contribution in [1.82, 2.24) is 4.98 Å². The minimum atomic E-state index is -1.01. The maximum absolute atomic E-state index is 12.7. The zero-order valence-corrected chi connectivity index (χ0v) is 13.7. The highest BCUT2D eigenvalue weighted by molar-refractivity contribution is 7.14. The van der Waals surface area contributed by atoms with Crippen LogP contribution in [0.1, 0.15) is 12.1 Å². The molecule has 1 N–H and O–H groups in total. The van der Waals surface area contributed by atoms with Crippen molar-refractivity contribution >= 4 is 39.9 Å². The Labute approximate surface area is 142 Å². The third-order valence-corrected chi connectivity index (χ3v) is 4.69. The van der Waals surface area contributed by atoms with Crippen LogP contribution in [0.25, 0.3) is 0 Å². The molecule has 2 heterocycles. The minimum Gasteiger partial charge on any atom is -0.481 e. The molecule has 0 bridgehead atoms. The molecule has 2 amide bonds. The van der Waals surface area contributed by atoms with Crippen molar-refractivity contribution in [3.63, 3.8) is 0 Å². The van der Waals surface area contributed by atoms with E-state index in [0.717, 1.165) is 21.9 Å². The van der Waals surface area contributed by atoms with Crippen molar-refractivity contribution in [3.05, 3.63) is 41.4 Å². The van der Waals surface area contributed by atoms with Crippen LogP contribution in [0.2, 0.25) is 0 Å². The number of hydrogen-bond donors (Lipinski definition) is 1. The molecule has 0 aliphatic carbocycles. The smallest absolute Gasteiger partial charge is 0.309 e. The Balaban J connectivity index is 1.81. The third-order valence-electron chi connectivity index (χ3n) is 3.82. The average Bonchev–Trinajstić information content (AvgIpc) is 3.11. The summed E-state index contributed by atoms with van der Waals surface area (Å²) in [6, 6.07) is 8.76.